The van der Waals surface area contributed by atoms with E-state index in [1.165, 1.54) is 55.5 Å². The molecule has 2 saturated carbocycles. The molecule has 0 aliphatic heterocycles. The smallest absolute Gasteiger partial charge is 0.336 e. The Morgan fingerprint density at radius 1 is 1.05 bits per heavy atom. The van der Waals surface area contributed by atoms with Crippen LogP contribution in [0, 0.1) is 17.3 Å². The summed E-state index contributed by atoms with van der Waals surface area (Å²) in [6, 6.07) is 11.9. The molecule has 0 amide bonds. The van der Waals surface area contributed by atoms with Crippen LogP contribution in [0.15, 0.2) is 63.3 Å². The van der Waals surface area contributed by atoms with Crippen molar-refractivity contribution in [2.24, 2.45) is 17.3 Å². The fraction of sp³-hybridized carbons (Fsp3) is 0.471. The van der Waals surface area contributed by atoms with Crippen LogP contribution < -0.4 is 10.4 Å². The van der Waals surface area contributed by atoms with E-state index in [4.69, 9.17) is 13.9 Å². The molecule has 41 heavy (non-hydrogen) atoms. The molecule has 0 spiro atoms. The van der Waals surface area contributed by atoms with Gasteiger partial charge in [0.25, 0.3) is 0 Å². The van der Waals surface area contributed by atoms with Crippen molar-refractivity contribution in [3.05, 3.63) is 75.7 Å². The Hall–Kier alpha value is -3.74. The second-order valence-corrected chi connectivity index (χ2v) is 12.2. The van der Waals surface area contributed by atoms with Gasteiger partial charge in [0.15, 0.2) is 11.5 Å². The maximum absolute atomic E-state index is 11.4. The lowest BCUT2D eigenvalue weighted by atomic mass is 9.55. The van der Waals surface area contributed by atoms with E-state index in [1.807, 2.05) is 32.1 Å². The number of phenols is 2. The average Bonchev–Trinajstić information content (AvgIpc) is 3.24. The summed E-state index contributed by atoms with van der Waals surface area (Å²) >= 11 is 0. The number of esters is 1. The fourth-order valence-electron chi connectivity index (χ4n) is 7.41. The molecule has 1 heterocycles. The standard InChI is InChI=1S/C20H26O3.C14H14O4/c1-12(21)23-19-8-7-18-17-5-3-13-11-14(22)4-6-15(13)16(17)9-10-20(18,19)2;1-9(2)5-6-17-13-8-12-10(7-11(13)15)3-4-14(16)18-12/h4,6,11,16-19,22H,3,5,7-10H2,1-2H3;3-5,7-8,15H,6H2,1-2H3. The van der Waals surface area contributed by atoms with E-state index in [1.54, 1.807) is 6.07 Å². The number of aryl methyl sites for hydroxylation is 1. The summed E-state index contributed by atoms with van der Waals surface area (Å²) in [7, 11) is 0. The second kappa shape index (κ2) is 11.6. The third-order valence-electron chi connectivity index (χ3n) is 9.36. The average molecular weight is 561 g/mol. The Morgan fingerprint density at radius 2 is 1.85 bits per heavy atom. The molecule has 0 saturated heterocycles. The van der Waals surface area contributed by atoms with Gasteiger partial charge in [0.1, 0.15) is 24.0 Å². The van der Waals surface area contributed by atoms with Gasteiger partial charge in [0.05, 0.1) is 0 Å². The van der Waals surface area contributed by atoms with Crippen molar-refractivity contribution < 1.29 is 28.9 Å². The molecule has 2 aromatic carbocycles. The van der Waals surface area contributed by atoms with E-state index in [0.29, 0.717) is 46.8 Å². The van der Waals surface area contributed by atoms with Crippen molar-refractivity contribution >= 4 is 16.9 Å². The van der Waals surface area contributed by atoms with Crippen LogP contribution in [0.4, 0.5) is 0 Å². The van der Waals surface area contributed by atoms with E-state index in [0.717, 1.165) is 24.8 Å². The maximum Gasteiger partial charge on any atom is 0.336 e. The van der Waals surface area contributed by atoms with E-state index in [-0.39, 0.29) is 23.2 Å². The number of hydrogen-bond donors (Lipinski definition) is 2. The first-order valence-corrected chi connectivity index (χ1v) is 14.6. The number of carbonyl (C=O) groups is 1. The zero-order valence-electron chi connectivity index (χ0n) is 24.3. The molecule has 1 aromatic heterocycles. The second-order valence-electron chi connectivity index (χ2n) is 12.2. The van der Waals surface area contributed by atoms with Crippen molar-refractivity contribution in [3.8, 4) is 17.2 Å². The van der Waals surface area contributed by atoms with Crippen molar-refractivity contribution in [2.45, 2.75) is 78.2 Å². The number of allylic oxidation sites excluding steroid dienone is 1. The first kappa shape index (κ1) is 28.8. The molecule has 7 heteroatoms. The molecule has 3 aliphatic rings. The summed E-state index contributed by atoms with van der Waals surface area (Å²) in [6.45, 7) is 8.16. The monoisotopic (exact) mass is 560 g/mol. The minimum atomic E-state index is -0.427. The van der Waals surface area contributed by atoms with Crippen LogP contribution in [0.5, 0.6) is 17.2 Å². The molecule has 7 nitrogen and oxygen atoms in total. The van der Waals surface area contributed by atoms with E-state index in [9.17, 15) is 19.8 Å². The summed E-state index contributed by atoms with van der Waals surface area (Å²) in [6.07, 6.45) is 8.78. The van der Waals surface area contributed by atoms with Gasteiger partial charge in [-0.05, 0) is 112 Å². The first-order chi connectivity index (χ1) is 19.5. The summed E-state index contributed by atoms with van der Waals surface area (Å²) in [5.41, 5.74) is 4.04. The molecule has 3 aromatic rings. The highest BCUT2D eigenvalue weighted by Crippen LogP contribution is 2.61. The Bertz CT molecular complexity index is 1520. The molecule has 0 bridgehead atoms. The quantitative estimate of drug-likeness (QED) is 0.201. The number of benzene rings is 2. The van der Waals surface area contributed by atoms with Crippen molar-refractivity contribution in [2.75, 3.05) is 6.61 Å². The predicted molar refractivity (Wildman–Crippen MR) is 157 cm³/mol. The summed E-state index contributed by atoms with van der Waals surface area (Å²) in [5, 5.41) is 20.2. The first-order valence-electron chi connectivity index (χ1n) is 14.6. The molecule has 2 fully saturated rings. The molecule has 2 N–H and O–H groups in total. The predicted octanol–water partition coefficient (Wildman–Crippen LogP) is 7.02. The summed E-state index contributed by atoms with van der Waals surface area (Å²) in [4.78, 5) is 22.6. The van der Waals surface area contributed by atoms with Gasteiger partial charge in [0, 0.05) is 29.9 Å². The van der Waals surface area contributed by atoms with E-state index >= 15 is 0 Å². The number of aromatic hydroxyl groups is 2. The number of carbonyl (C=O) groups excluding carboxylic acids is 1. The number of phenolic OH excluding ortho intramolecular Hbond substituents is 2. The van der Waals surface area contributed by atoms with Crippen LogP contribution in [-0.2, 0) is 16.0 Å². The van der Waals surface area contributed by atoms with Crippen LogP contribution in [-0.4, -0.2) is 28.9 Å². The van der Waals surface area contributed by atoms with Crippen LogP contribution in [0.3, 0.4) is 0 Å². The number of hydrogen-bond acceptors (Lipinski definition) is 7. The van der Waals surface area contributed by atoms with Gasteiger partial charge in [-0.3, -0.25) is 4.79 Å². The van der Waals surface area contributed by atoms with E-state index in [2.05, 4.69) is 13.0 Å². The van der Waals surface area contributed by atoms with Gasteiger partial charge >= 0.3 is 11.6 Å². The number of fused-ring (bicyclic) bond motifs is 6. The minimum absolute atomic E-state index is 0.0264. The largest absolute Gasteiger partial charge is 0.508 e. The SMILES string of the molecule is CC(=O)OC1CCC2C3CCc4cc(O)ccc4C3CCC12C.CC(C)=CCOc1cc2oc(=O)ccc2cc1O. The summed E-state index contributed by atoms with van der Waals surface area (Å²) in [5.74, 6) is 2.56. The Kier molecular flexibility index (Phi) is 8.16. The third-order valence-corrected chi connectivity index (χ3v) is 9.36. The zero-order valence-corrected chi connectivity index (χ0v) is 24.3. The fourth-order valence-corrected chi connectivity index (χ4v) is 7.41. The zero-order chi connectivity index (χ0) is 29.3. The van der Waals surface area contributed by atoms with Crippen LogP contribution in [0.25, 0.3) is 11.0 Å². The number of rotatable bonds is 4. The Labute approximate surface area is 240 Å². The van der Waals surface area contributed by atoms with Crippen LogP contribution in [0.2, 0.25) is 0 Å². The highest BCUT2D eigenvalue weighted by Gasteiger charge is 2.56. The lowest BCUT2D eigenvalue weighted by molar-refractivity contribution is -0.154. The van der Waals surface area contributed by atoms with Gasteiger partial charge < -0.3 is 24.1 Å². The lowest BCUT2D eigenvalue weighted by Crippen LogP contribution is -2.45. The van der Waals surface area contributed by atoms with Crippen molar-refractivity contribution in [1.29, 1.82) is 0 Å². The molecular weight excluding hydrogens is 520 g/mol. The van der Waals surface area contributed by atoms with Gasteiger partial charge in [-0.2, -0.15) is 0 Å². The molecule has 3 aliphatic carbocycles. The number of ether oxygens (including phenoxy) is 2. The molecule has 6 rings (SSSR count). The topological polar surface area (TPSA) is 106 Å². The minimum Gasteiger partial charge on any atom is -0.508 e. The van der Waals surface area contributed by atoms with Crippen LogP contribution >= 0.6 is 0 Å². The Balaban J connectivity index is 0.000000170. The highest BCUT2D eigenvalue weighted by molar-refractivity contribution is 5.80. The molecule has 218 valence electrons. The van der Waals surface area contributed by atoms with Gasteiger partial charge in [0.2, 0.25) is 0 Å². The van der Waals surface area contributed by atoms with Crippen LogP contribution in [0.1, 0.15) is 76.8 Å². The molecule has 5 atom stereocenters. The lowest BCUT2D eigenvalue weighted by Gasteiger charge is -2.50. The molecule has 0 radical (unpaired) electrons. The van der Waals surface area contributed by atoms with Crippen molar-refractivity contribution in [3.63, 3.8) is 0 Å². The maximum atomic E-state index is 11.4. The normalized spacial score (nSPS) is 26.0. The summed E-state index contributed by atoms with van der Waals surface area (Å²) < 4.78 is 16.1. The molecule has 5 unspecified atom stereocenters. The van der Waals surface area contributed by atoms with Gasteiger partial charge in [-0.15, -0.1) is 0 Å². The Morgan fingerprint density at radius 3 is 2.61 bits per heavy atom. The van der Waals surface area contributed by atoms with Gasteiger partial charge in [-0.1, -0.05) is 18.6 Å². The highest BCUT2D eigenvalue weighted by atomic mass is 16.5. The van der Waals surface area contributed by atoms with Crippen molar-refractivity contribution in [1.82, 2.24) is 0 Å². The molecular formula is C34H40O7. The van der Waals surface area contributed by atoms with E-state index < -0.39 is 5.63 Å². The van der Waals surface area contributed by atoms with Gasteiger partial charge in [-0.25, -0.2) is 4.79 Å². The third kappa shape index (κ3) is 5.99.